The van der Waals surface area contributed by atoms with Gasteiger partial charge in [-0.25, -0.2) is 13.8 Å². The maximum absolute atomic E-state index is 12.8. The summed E-state index contributed by atoms with van der Waals surface area (Å²) in [6.45, 7) is 0.00240. The summed E-state index contributed by atoms with van der Waals surface area (Å²) in [4.78, 5) is 14.9. The summed E-state index contributed by atoms with van der Waals surface area (Å²) >= 11 is 0. The molecule has 1 heterocycles. The molecule has 1 aromatic rings. The van der Waals surface area contributed by atoms with Crippen LogP contribution in [0.2, 0.25) is 0 Å². The molecule has 4 N–H and O–H groups in total. The first kappa shape index (κ1) is 13.3. The van der Waals surface area contributed by atoms with Gasteiger partial charge in [-0.3, -0.25) is 4.79 Å². The number of esters is 1. The Balaban J connectivity index is 3.21. The topological polar surface area (TPSA) is 91.2 Å². The van der Waals surface area contributed by atoms with Crippen LogP contribution in [0, 0.1) is 0 Å². The van der Waals surface area contributed by atoms with Gasteiger partial charge in [-0.15, -0.1) is 0 Å². The van der Waals surface area contributed by atoms with E-state index in [2.05, 4.69) is 9.72 Å². The average molecular weight is 245 g/mol. The molecular weight excluding hydrogens is 232 g/mol. The largest absolute Gasteiger partial charge is 0.469 e. The van der Waals surface area contributed by atoms with Gasteiger partial charge < -0.3 is 16.2 Å². The Bertz CT molecular complexity index is 424. The van der Waals surface area contributed by atoms with E-state index in [1.807, 2.05) is 0 Å². The molecule has 0 aliphatic rings. The lowest BCUT2D eigenvalue weighted by Crippen LogP contribution is -2.13. The first-order chi connectivity index (χ1) is 7.99. The van der Waals surface area contributed by atoms with Crippen LogP contribution in [0.1, 0.15) is 23.2 Å². The summed E-state index contributed by atoms with van der Waals surface area (Å²) < 4.78 is 30.0. The zero-order valence-corrected chi connectivity index (χ0v) is 9.24. The molecular formula is C10H13F2N3O2. The number of hydrogen-bond acceptors (Lipinski definition) is 5. The Morgan fingerprint density at radius 1 is 1.59 bits per heavy atom. The van der Waals surface area contributed by atoms with Crippen LogP contribution in [0.5, 0.6) is 0 Å². The second kappa shape index (κ2) is 5.53. The van der Waals surface area contributed by atoms with Crippen molar-refractivity contribution in [2.75, 3.05) is 12.8 Å². The lowest BCUT2D eigenvalue weighted by Gasteiger charge is -2.12. The van der Waals surface area contributed by atoms with Crippen molar-refractivity contribution < 1.29 is 18.3 Å². The second-order valence-corrected chi connectivity index (χ2v) is 3.32. The van der Waals surface area contributed by atoms with Crippen LogP contribution in [0.25, 0.3) is 0 Å². The summed E-state index contributed by atoms with van der Waals surface area (Å²) in [6, 6.07) is 1.15. The van der Waals surface area contributed by atoms with Crippen molar-refractivity contribution in [2.24, 2.45) is 5.73 Å². The molecule has 0 radical (unpaired) electrons. The van der Waals surface area contributed by atoms with Crippen molar-refractivity contribution in [1.29, 1.82) is 0 Å². The fraction of sp³-hybridized carbons (Fsp3) is 0.400. The molecule has 1 rings (SSSR count). The molecule has 0 spiro atoms. The molecule has 0 aromatic carbocycles. The van der Waals surface area contributed by atoms with E-state index >= 15 is 0 Å². The number of aromatic nitrogens is 1. The van der Waals surface area contributed by atoms with Crippen molar-refractivity contribution >= 4 is 11.8 Å². The normalized spacial score (nSPS) is 10.6. The van der Waals surface area contributed by atoms with Gasteiger partial charge in [-0.05, 0) is 6.07 Å². The molecule has 0 amide bonds. The van der Waals surface area contributed by atoms with Crippen LogP contribution in [0.15, 0.2) is 6.07 Å². The Kier molecular flexibility index (Phi) is 4.33. The molecule has 0 saturated heterocycles. The van der Waals surface area contributed by atoms with E-state index < -0.39 is 12.4 Å². The molecule has 1 aromatic heterocycles. The Hall–Kier alpha value is -1.76. The van der Waals surface area contributed by atoms with Gasteiger partial charge in [-0.1, -0.05) is 0 Å². The summed E-state index contributed by atoms with van der Waals surface area (Å²) in [7, 11) is 1.17. The summed E-state index contributed by atoms with van der Waals surface area (Å²) in [6.07, 6.45) is -3.08. The highest BCUT2D eigenvalue weighted by Gasteiger charge is 2.20. The van der Waals surface area contributed by atoms with Crippen molar-refractivity contribution in [3.8, 4) is 0 Å². The van der Waals surface area contributed by atoms with Crippen molar-refractivity contribution in [1.82, 2.24) is 4.98 Å². The number of methoxy groups -OCH3 is 1. The van der Waals surface area contributed by atoms with Crippen LogP contribution >= 0.6 is 0 Å². The lowest BCUT2D eigenvalue weighted by atomic mass is 10.0. The predicted molar refractivity (Wildman–Crippen MR) is 57.2 cm³/mol. The molecule has 0 fully saturated rings. The van der Waals surface area contributed by atoms with E-state index in [9.17, 15) is 13.6 Å². The summed E-state index contributed by atoms with van der Waals surface area (Å²) in [5.41, 5.74) is 10.8. The van der Waals surface area contributed by atoms with Gasteiger partial charge in [-0.2, -0.15) is 0 Å². The van der Waals surface area contributed by atoms with Gasteiger partial charge in [0.25, 0.3) is 6.43 Å². The number of pyridine rings is 1. The number of nitrogens with two attached hydrogens (primary N) is 2. The van der Waals surface area contributed by atoms with Crippen LogP contribution in [-0.4, -0.2) is 18.1 Å². The van der Waals surface area contributed by atoms with Gasteiger partial charge in [0, 0.05) is 17.7 Å². The highest BCUT2D eigenvalue weighted by atomic mass is 19.3. The zero-order chi connectivity index (χ0) is 13.0. The van der Waals surface area contributed by atoms with Crippen molar-refractivity contribution in [3.63, 3.8) is 0 Å². The molecule has 0 aliphatic carbocycles. The molecule has 0 bridgehead atoms. The summed E-state index contributed by atoms with van der Waals surface area (Å²) in [5.74, 6) is -0.769. The number of nitrogens with zero attached hydrogens (tertiary/aromatic N) is 1. The van der Waals surface area contributed by atoms with Gasteiger partial charge in [0.05, 0.1) is 19.2 Å². The van der Waals surface area contributed by atoms with Crippen LogP contribution in [0.3, 0.4) is 0 Å². The smallest absolute Gasteiger partial charge is 0.310 e. The fourth-order valence-corrected chi connectivity index (χ4v) is 1.38. The number of anilines is 1. The van der Waals surface area contributed by atoms with E-state index in [1.54, 1.807) is 0 Å². The first-order valence-corrected chi connectivity index (χ1v) is 4.82. The Labute approximate surface area is 96.8 Å². The minimum Gasteiger partial charge on any atom is -0.469 e. The van der Waals surface area contributed by atoms with Crippen molar-refractivity contribution in [2.45, 2.75) is 19.4 Å². The Morgan fingerprint density at radius 2 is 2.24 bits per heavy atom. The maximum atomic E-state index is 12.8. The number of carbonyl (C=O) groups excluding carboxylic acids is 1. The van der Waals surface area contributed by atoms with E-state index in [-0.39, 0.29) is 35.6 Å². The number of halogens is 2. The standard InChI is InChI=1S/C10H13F2N3O2/c1-17-8(16)3-7-6(9(11)12)2-5(4-13)15-10(7)14/h2,9H,3-4,13H2,1H3,(H2,14,15). The first-order valence-electron chi connectivity index (χ1n) is 4.82. The summed E-state index contributed by atoms with van der Waals surface area (Å²) in [5, 5.41) is 0. The van der Waals surface area contributed by atoms with E-state index in [0.29, 0.717) is 0 Å². The van der Waals surface area contributed by atoms with Gasteiger partial charge >= 0.3 is 5.97 Å². The number of rotatable bonds is 4. The van der Waals surface area contributed by atoms with E-state index in [4.69, 9.17) is 11.5 Å². The van der Waals surface area contributed by atoms with Crippen LogP contribution < -0.4 is 11.5 Å². The van der Waals surface area contributed by atoms with E-state index in [1.165, 1.54) is 7.11 Å². The van der Waals surface area contributed by atoms with E-state index in [0.717, 1.165) is 6.07 Å². The van der Waals surface area contributed by atoms with Crippen LogP contribution in [-0.2, 0) is 22.5 Å². The minimum absolute atomic E-state index is 0.00240. The number of ether oxygens (including phenoxy) is 1. The van der Waals surface area contributed by atoms with Gasteiger partial charge in [0.15, 0.2) is 0 Å². The maximum Gasteiger partial charge on any atom is 0.310 e. The third kappa shape index (κ3) is 3.10. The molecule has 17 heavy (non-hydrogen) atoms. The van der Waals surface area contributed by atoms with Gasteiger partial charge in [0.1, 0.15) is 5.82 Å². The number of nitrogen functional groups attached to an aromatic ring is 1. The molecule has 0 unspecified atom stereocenters. The van der Waals surface area contributed by atoms with Crippen LogP contribution in [0.4, 0.5) is 14.6 Å². The monoisotopic (exact) mass is 245 g/mol. The second-order valence-electron chi connectivity index (χ2n) is 3.32. The third-order valence-corrected chi connectivity index (χ3v) is 2.24. The third-order valence-electron chi connectivity index (χ3n) is 2.24. The highest BCUT2D eigenvalue weighted by molar-refractivity contribution is 5.75. The molecule has 7 heteroatoms. The fourth-order valence-electron chi connectivity index (χ4n) is 1.38. The number of hydrogen-bond donors (Lipinski definition) is 2. The number of alkyl halides is 2. The molecule has 0 aliphatic heterocycles. The molecule has 5 nitrogen and oxygen atoms in total. The zero-order valence-electron chi connectivity index (χ0n) is 9.24. The highest BCUT2D eigenvalue weighted by Crippen LogP contribution is 2.27. The lowest BCUT2D eigenvalue weighted by molar-refractivity contribution is -0.139. The van der Waals surface area contributed by atoms with Gasteiger partial charge in [0.2, 0.25) is 0 Å². The SMILES string of the molecule is COC(=O)Cc1c(C(F)F)cc(CN)nc1N. The average Bonchev–Trinajstić information content (AvgIpc) is 2.30. The quantitative estimate of drug-likeness (QED) is 0.765. The van der Waals surface area contributed by atoms with Crippen molar-refractivity contribution in [3.05, 3.63) is 22.9 Å². The number of carbonyl (C=O) groups is 1. The predicted octanol–water partition coefficient (Wildman–Crippen LogP) is 0.776. The molecule has 94 valence electrons. The minimum atomic E-state index is -2.75. The Morgan fingerprint density at radius 3 is 2.71 bits per heavy atom. The molecule has 0 atom stereocenters. The molecule has 0 saturated carbocycles.